The Hall–Kier alpha value is -3.58. The smallest absolute Gasteiger partial charge is 0.418 e. The van der Waals surface area contributed by atoms with Crippen LogP contribution in [0.4, 0.5) is 24.7 Å². The maximum atomic E-state index is 13.6. The zero-order valence-corrected chi connectivity index (χ0v) is 19.2. The van der Waals surface area contributed by atoms with Crippen molar-refractivity contribution in [2.24, 2.45) is 0 Å². The second-order valence-corrected chi connectivity index (χ2v) is 7.47. The molecule has 34 heavy (non-hydrogen) atoms. The molecule has 3 rings (SSSR count). The van der Waals surface area contributed by atoms with Crippen LogP contribution < -0.4 is 14.8 Å². The van der Waals surface area contributed by atoms with Crippen LogP contribution in [-0.2, 0) is 6.18 Å². The van der Waals surface area contributed by atoms with Crippen LogP contribution in [0.5, 0.6) is 11.5 Å². The van der Waals surface area contributed by atoms with Crippen molar-refractivity contribution in [1.82, 2.24) is 14.9 Å². The molecule has 1 heterocycles. The van der Waals surface area contributed by atoms with Gasteiger partial charge in [0.2, 0.25) is 0 Å². The van der Waals surface area contributed by atoms with Gasteiger partial charge < -0.3 is 19.7 Å². The number of nitrogens with one attached hydrogen (secondary N) is 1. The summed E-state index contributed by atoms with van der Waals surface area (Å²) in [4.78, 5) is 10.7. The van der Waals surface area contributed by atoms with E-state index in [4.69, 9.17) is 14.7 Å². The van der Waals surface area contributed by atoms with Crippen LogP contribution in [0, 0.1) is 11.3 Å². The van der Waals surface area contributed by atoms with Crippen molar-refractivity contribution in [3.05, 3.63) is 47.8 Å². The molecule has 0 amide bonds. The van der Waals surface area contributed by atoms with Gasteiger partial charge in [-0.2, -0.15) is 18.4 Å². The molecule has 0 aliphatic heterocycles. The Morgan fingerprint density at radius 1 is 1.09 bits per heavy atom. The van der Waals surface area contributed by atoms with Gasteiger partial charge in [-0.05, 0) is 43.8 Å². The number of anilines is 2. The summed E-state index contributed by atoms with van der Waals surface area (Å²) >= 11 is 0. The molecule has 0 bridgehead atoms. The number of nitriles is 1. The molecule has 3 aromatic rings. The predicted molar refractivity (Wildman–Crippen MR) is 123 cm³/mol. The van der Waals surface area contributed by atoms with Gasteiger partial charge in [-0.1, -0.05) is 13.8 Å². The molecule has 10 heteroatoms. The van der Waals surface area contributed by atoms with Gasteiger partial charge in [0.1, 0.15) is 12.1 Å². The molecule has 1 aromatic heterocycles. The Bertz CT molecular complexity index is 1170. The molecule has 0 atom stereocenters. The zero-order valence-electron chi connectivity index (χ0n) is 19.2. The number of nitrogens with zero attached hydrogens (tertiary/aromatic N) is 4. The molecule has 180 valence electrons. The van der Waals surface area contributed by atoms with E-state index in [2.05, 4.69) is 34.0 Å². The standard InChI is InChI=1S/C24H26F3N5O2/c1-4-32(5-2)9-6-10-34-22-13-20-17(12-21(22)33-3)23(30-15-29-20)31-19-8-7-16(14-28)11-18(19)24(25,26)27/h7-8,11-13,15H,4-6,9-10H2,1-3H3,(H,29,30,31). The fourth-order valence-corrected chi connectivity index (χ4v) is 3.53. The first-order valence-electron chi connectivity index (χ1n) is 10.9. The summed E-state index contributed by atoms with van der Waals surface area (Å²) in [6.07, 6.45) is -2.56. The number of fused-ring (bicyclic) bond motifs is 1. The summed E-state index contributed by atoms with van der Waals surface area (Å²) in [7, 11) is 1.49. The van der Waals surface area contributed by atoms with Gasteiger partial charge >= 0.3 is 6.18 Å². The summed E-state index contributed by atoms with van der Waals surface area (Å²) in [5.74, 6) is 1.09. The number of hydrogen-bond donors (Lipinski definition) is 1. The molecule has 0 aliphatic rings. The van der Waals surface area contributed by atoms with E-state index < -0.39 is 11.7 Å². The van der Waals surface area contributed by atoms with Crippen LogP contribution in [0.25, 0.3) is 10.9 Å². The fourth-order valence-electron chi connectivity index (χ4n) is 3.53. The van der Waals surface area contributed by atoms with Crippen LogP contribution in [-0.4, -0.2) is 48.2 Å². The van der Waals surface area contributed by atoms with Crippen molar-refractivity contribution < 1.29 is 22.6 Å². The third kappa shape index (κ3) is 5.85. The van der Waals surface area contributed by atoms with Crippen molar-refractivity contribution >= 4 is 22.4 Å². The number of alkyl halides is 3. The Labute approximate surface area is 196 Å². The van der Waals surface area contributed by atoms with Crippen LogP contribution in [0.3, 0.4) is 0 Å². The van der Waals surface area contributed by atoms with Crippen LogP contribution >= 0.6 is 0 Å². The van der Waals surface area contributed by atoms with Crippen LogP contribution in [0.1, 0.15) is 31.4 Å². The lowest BCUT2D eigenvalue weighted by Gasteiger charge is -2.18. The summed E-state index contributed by atoms with van der Waals surface area (Å²) in [5.41, 5.74) is -0.783. The van der Waals surface area contributed by atoms with Gasteiger partial charge in [0.05, 0.1) is 42.1 Å². The number of rotatable bonds is 10. The van der Waals surface area contributed by atoms with Crippen molar-refractivity contribution in [3.8, 4) is 17.6 Å². The van der Waals surface area contributed by atoms with Gasteiger partial charge in [0, 0.05) is 18.0 Å². The SMILES string of the molecule is CCN(CC)CCCOc1cc2ncnc(Nc3ccc(C#N)cc3C(F)(F)F)c2cc1OC. The maximum absolute atomic E-state index is 13.6. The minimum atomic E-state index is -4.65. The largest absolute Gasteiger partial charge is 0.493 e. The molecule has 0 saturated carbocycles. The Morgan fingerprint density at radius 3 is 2.50 bits per heavy atom. The average Bonchev–Trinajstić information content (AvgIpc) is 2.83. The minimum Gasteiger partial charge on any atom is -0.493 e. The first-order valence-corrected chi connectivity index (χ1v) is 10.9. The van der Waals surface area contributed by atoms with Crippen molar-refractivity contribution in [2.75, 3.05) is 38.7 Å². The number of ether oxygens (including phenoxy) is 2. The van der Waals surface area contributed by atoms with Crippen molar-refractivity contribution in [1.29, 1.82) is 5.26 Å². The highest BCUT2D eigenvalue weighted by Gasteiger charge is 2.34. The molecule has 1 N–H and O–H groups in total. The lowest BCUT2D eigenvalue weighted by atomic mass is 10.1. The summed E-state index contributed by atoms with van der Waals surface area (Å²) in [6, 6.07) is 8.37. The number of hydrogen-bond acceptors (Lipinski definition) is 7. The van der Waals surface area contributed by atoms with E-state index in [-0.39, 0.29) is 17.1 Å². The van der Waals surface area contributed by atoms with Crippen LogP contribution in [0.2, 0.25) is 0 Å². The molecular weight excluding hydrogens is 447 g/mol. The van der Waals surface area contributed by atoms with E-state index >= 15 is 0 Å². The topological polar surface area (TPSA) is 83.3 Å². The summed E-state index contributed by atoms with van der Waals surface area (Å²) in [6.45, 7) is 7.55. The molecule has 0 unspecified atom stereocenters. The monoisotopic (exact) mass is 473 g/mol. The second-order valence-electron chi connectivity index (χ2n) is 7.47. The van der Waals surface area contributed by atoms with Crippen LogP contribution in [0.15, 0.2) is 36.7 Å². The number of benzene rings is 2. The van der Waals surface area contributed by atoms with Crippen molar-refractivity contribution in [2.45, 2.75) is 26.4 Å². The zero-order chi connectivity index (χ0) is 24.7. The molecule has 0 radical (unpaired) electrons. The van der Waals surface area contributed by atoms with E-state index in [1.165, 1.54) is 25.6 Å². The molecule has 0 saturated heterocycles. The van der Waals surface area contributed by atoms with E-state index in [1.54, 1.807) is 18.2 Å². The van der Waals surface area contributed by atoms with Gasteiger partial charge in [-0.25, -0.2) is 9.97 Å². The average molecular weight is 473 g/mol. The first kappa shape index (κ1) is 25.1. The molecule has 0 spiro atoms. The Balaban J connectivity index is 1.89. The second kappa shape index (κ2) is 11.0. The molecule has 2 aromatic carbocycles. The minimum absolute atomic E-state index is 0.0881. The van der Waals surface area contributed by atoms with E-state index in [1.807, 2.05) is 0 Å². The predicted octanol–water partition coefficient (Wildman–Crippen LogP) is 5.38. The van der Waals surface area contributed by atoms with Crippen molar-refractivity contribution in [3.63, 3.8) is 0 Å². The lowest BCUT2D eigenvalue weighted by Crippen LogP contribution is -2.25. The Kier molecular flexibility index (Phi) is 8.12. The normalized spacial score (nSPS) is 11.5. The quantitative estimate of drug-likeness (QED) is 0.396. The third-order valence-electron chi connectivity index (χ3n) is 5.40. The highest BCUT2D eigenvalue weighted by Crippen LogP contribution is 2.39. The molecular formula is C24H26F3N5O2. The van der Waals surface area contributed by atoms with Gasteiger partial charge in [-0.15, -0.1) is 0 Å². The Morgan fingerprint density at radius 2 is 1.85 bits per heavy atom. The number of halogens is 3. The van der Waals surface area contributed by atoms with Gasteiger partial charge in [0.15, 0.2) is 11.5 Å². The third-order valence-corrected chi connectivity index (χ3v) is 5.40. The summed E-state index contributed by atoms with van der Waals surface area (Å²) in [5, 5.41) is 12.2. The first-order chi connectivity index (χ1) is 16.3. The van der Waals surface area contributed by atoms with E-state index in [9.17, 15) is 13.2 Å². The summed E-state index contributed by atoms with van der Waals surface area (Å²) < 4.78 is 52.1. The molecule has 7 nitrogen and oxygen atoms in total. The fraction of sp³-hybridized carbons (Fsp3) is 0.375. The molecule has 0 aliphatic carbocycles. The maximum Gasteiger partial charge on any atom is 0.418 e. The number of aromatic nitrogens is 2. The highest BCUT2D eigenvalue weighted by molar-refractivity contribution is 5.93. The number of methoxy groups -OCH3 is 1. The van der Waals surface area contributed by atoms with E-state index in [0.717, 1.165) is 32.1 Å². The van der Waals surface area contributed by atoms with Gasteiger partial charge in [0.25, 0.3) is 0 Å². The highest BCUT2D eigenvalue weighted by atomic mass is 19.4. The molecule has 0 fully saturated rings. The van der Waals surface area contributed by atoms with Gasteiger partial charge in [-0.3, -0.25) is 0 Å². The lowest BCUT2D eigenvalue weighted by molar-refractivity contribution is -0.136. The van der Waals surface area contributed by atoms with E-state index in [0.29, 0.717) is 29.0 Å².